The van der Waals surface area contributed by atoms with E-state index in [1.165, 1.54) is 0 Å². The third kappa shape index (κ3) is 8.71. The smallest absolute Gasteiger partial charge is 0.328 e. The number of nitrogens with zero attached hydrogens (tertiary/aromatic N) is 4. The molecule has 0 saturated heterocycles. The molecule has 0 radical (unpaired) electrons. The van der Waals surface area contributed by atoms with E-state index in [4.69, 9.17) is 40.6 Å². The fourth-order valence-electron chi connectivity index (χ4n) is 5.72. The van der Waals surface area contributed by atoms with Gasteiger partial charge in [-0.25, -0.2) is 19.6 Å². The number of nitrogens with two attached hydrogens (primary N) is 2. The number of para-hydroxylation sites is 2. The second kappa shape index (κ2) is 17.3. The van der Waals surface area contributed by atoms with Crippen molar-refractivity contribution in [3.8, 4) is 23.0 Å². The lowest BCUT2D eigenvalue weighted by atomic mass is 9.94. The molecule has 2 aliphatic rings. The van der Waals surface area contributed by atoms with Gasteiger partial charge in [-0.2, -0.15) is 0 Å². The molecule has 2 aliphatic heterocycles. The van der Waals surface area contributed by atoms with Gasteiger partial charge in [0, 0.05) is 37.4 Å². The van der Waals surface area contributed by atoms with E-state index in [2.05, 4.69) is 22.1 Å². The van der Waals surface area contributed by atoms with Gasteiger partial charge in [-0.15, -0.1) is 0 Å². The fourth-order valence-corrected chi connectivity index (χ4v) is 5.72. The van der Waals surface area contributed by atoms with Gasteiger partial charge in [-0.3, -0.25) is 0 Å². The molecule has 272 valence electrons. The molecule has 14 nitrogen and oxygen atoms in total. The second-order valence-electron chi connectivity index (χ2n) is 11.3. The summed E-state index contributed by atoms with van der Waals surface area (Å²) < 4.78 is 21.4. The SMILES string of the molecule is COc1ccc(C2c3ccccc3N=C(N)N2C)cc1OC.COc1ccc(C2c3ccccc3N=C(N)N2C)cc1OC.O=C(O)C=CC(=O)O. The largest absolute Gasteiger partial charge is 0.493 e. The third-order valence-electron chi connectivity index (χ3n) is 8.25. The Morgan fingerprint density at radius 3 is 1.27 bits per heavy atom. The van der Waals surface area contributed by atoms with E-state index in [1.54, 1.807) is 28.4 Å². The molecule has 0 spiro atoms. The van der Waals surface area contributed by atoms with Gasteiger partial charge in [0.1, 0.15) is 0 Å². The van der Waals surface area contributed by atoms with Crippen molar-refractivity contribution >= 4 is 35.2 Å². The molecule has 0 aromatic heterocycles. The number of hydrogen-bond acceptors (Lipinski definition) is 12. The molecule has 4 aromatic rings. The van der Waals surface area contributed by atoms with Crippen LogP contribution in [0.25, 0.3) is 0 Å². The van der Waals surface area contributed by atoms with E-state index in [9.17, 15) is 9.59 Å². The van der Waals surface area contributed by atoms with Gasteiger partial charge < -0.3 is 50.4 Å². The highest BCUT2D eigenvalue weighted by Crippen LogP contribution is 2.41. The summed E-state index contributed by atoms with van der Waals surface area (Å²) in [6.45, 7) is 0. The van der Waals surface area contributed by atoms with Gasteiger partial charge in [0.05, 0.1) is 51.9 Å². The summed E-state index contributed by atoms with van der Waals surface area (Å²) in [5, 5.41) is 15.6. The number of carboxylic acid groups (broad SMARTS) is 2. The Labute approximate surface area is 301 Å². The van der Waals surface area contributed by atoms with Crippen molar-refractivity contribution in [3.05, 3.63) is 119 Å². The molecule has 2 atom stereocenters. The zero-order chi connectivity index (χ0) is 37.9. The molecular formula is C38H42N6O8. The number of hydrogen-bond donors (Lipinski definition) is 4. The Morgan fingerprint density at radius 2 is 0.942 bits per heavy atom. The van der Waals surface area contributed by atoms with Crippen LogP contribution in [-0.4, -0.2) is 86.4 Å². The van der Waals surface area contributed by atoms with Gasteiger partial charge in [-0.05, 0) is 47.5 Å². The predicted molar refractivity (Wildman–Crippen MR) is 198 cm³/mol. The van der Waals surface area contributed by atoms with Gasteiger partial charge >= 0.3 is 11.9 Å². The Balaban J connectivity index is 0.000000193. The van der Waals surface area contributed by atoms with Crippen molar-refractivity contribution in [1.29, 1.82) is 0 Å². The van der Waals surface area contributed by atoms with Crippen molar-refractivity contribution < 1.29 is 38.7 Å². The van der Waals surface area contributed by atoms with Crippen molar-refractivity contribution in [2.75, 3.05) is 42.5 Å². The van der Waals surface area contributed by atoms with E-state index >= 15 is 0 Å². The van der Waals surface area contributed by atoms with Crippen LogP contribution >= 0.6 is 0 Å². The van der Waals surface area contributed by atoms with Crippen LogP contribution in [0.4, 0.5) is 11.4 Å². The lowest BCUT2D eigenvalue weighted by Crippen LogP contribution is -2.39. The number of ether oxygens (including phenoxy) is 4. The summed E-state index contributed by atoms with van der Waals surface area (Å²) >= 11 is 0. The molecule has 0 amide bonds. The average Bonchev–Trinajstić information content (AvgIpc) is 3.15. The molecule has 0 fully saturated rings. The maximum atomic E-state index is 9.55. The standard InChI is InChI=1S/2C17H19N3O2.C4H4O4/c2*1-20-16(11-8-9-14(21-2)15(10-11)22-3)12-6-4-5-7-13(12)19-17(20)18;5-3(6)1-2-4(7)8/h2*4-10,16H,1-3H3,(H2,18,19);1-2H,(H,5,6)(H,7,8). The minimum Gasteiger partial charge on any atom is -0.493 e. The van der Waals surface area contributed by atoms with Gasteiger partial charge in [-0.1, -0.05) is 48.5 Å². The molecule has 14 heteroatoms. The highest BCUT2D eigenvalue weighted by atomic mass is 16.5. The maximum Gasteiger partial charge on any atom is 0.328 e. The monoisotopic (exact) mass is 710 g/mol. The second-order valence-corrected chi connectivity index (χ2v) is 11.3. The van der Waals surface area contributed by atoms with E-state index < -0.39 is 11.9 Å². The van der Waals surface area contributed by atoms with Crippen LogP contribution < -0.4 is 30.4 Å². The quantitative estimate of drug-likeness (QED) is 0.177. The number of guanidine groups is 2. The lowest BCUT2D eigenvalue weighted by Gasteiger charge is -2.34. The number of carbonyl (C=O) groups is 2. The molecule has 6 rings (SSSR count). The Kier molecular flexibility index (Phi) is 12.7. The van der Waals surface area contributed by atoms with Crippen LogP contribution in [0, 0.1) is 0 Å². The van der Waals surface area contributed by atoms with Gasteiger partial charge in [0.25, 0.3) is 0 Å². The highest BCUT2D eigenvalue weighted by molar-refractivity contribution is 5.89. The van der Waals surface area contributed by atoms with E-state index in [1.807, 2.05) is 96.7 Å². The summed E-state index contributed by atoms with van der Waals surface area (Å²) in [7, 11) is 10.4. The van der Waals surface area contributed by atoms with Crippen molar-refractivity contribution in [3.63, 3.8) is 0 Å². The van der Waals surface area contributed by atoms with Crippen molar-refractivity contribution in [2.45, 2.75) is 12.1 Å². The molecule has 0 bridgehead atoms. The number of aliphatic carboxylic acids is 2. The summed E-state index contributed by atoms with van der Waals surface area (Å²) in [5.41, 5.74) is 18.3. The number of methoxy groups -OCH3 is 4. The Bertz CT molecular complexity index is 1860. The first kappa shape index (κ1) is 38.1. The minimum atomic E-state index is -1.26. The third-order valence-corrected chi connectivity index (χ3v) is 8.25. The van der Waals surface area contributed by atoms with Crippen LogP contribution in [0.15, 0.2) is 107 Å². The first-order valence-electron chi connectivity index (χ1n) is 15.8. The van der Waals surface area contributed by atoms with Crippen LogP contribution in [0.1, 0.15) is 34.3 Å². The zero-order valence-electron chi connectivity index (χ0n) is 29.7. The highest BCUT2D eigenvalue weighted by Gasteiger charge is 2.29. The van der Waals surface area contributed by atoms with Gasteiger partial charge in [0.2, 0.25) is 0 Å². The van der Waals surface area contributed by atoms with Crippen molar-refractivity contribution in [1.82, 2.24) is 9.80 Å². The number of benzene rings is 4. The van der Waals surface area contributed by atoms with Gasteiger partial charge in [0.15, 0.2) is 34.9 Å². The van der Waals surface area contributed by atoms with Crippen LogP contribution in [0.3, 0.4) is 0 Å². The first-order chi connectivity index (χ1) is 24.9. The zero-order valence-corrected chi connectivity index (χ0v) is 29.7. The van der Waals surface area contributed by atoms with Crippen LogP contribution in [0.2, 0.25) is 0 Å². The number of fused-ring (bicyclic) bond motifs is 2. The fraction of sp³-hybridized carbons (Fsp3) is 0.211. The number of carboxylic acids is 2. The van der Waals surface area contributed by atoms with Crippen LogP contribution in [0.5, 0.6) is 23.0 Å². The van der Waals surface area contributed by atoms with E-state index in [0.717, 1.165) is 33.6 Å². The maximum absolute atomic E-state index is 9.55. The Morgan fingerprint density at radius 1 is 0.596 bits per heavy atom. The molecule has 4 aromatic carbocycles. The summed E-state index contributed by atoms with van der Waals surface area (Å²) in [5.74, 6) is 1.30. The number of aliphatic imine (C=N–C) groups is 2. The Hall–Kier alpha value is -6.70. The molecule has 6 N–H and O–H groups in total. The normalized spacial score (nSPS) is 15.7. The molecular weight excluding hydrogens is 668 g/mol. The molecule has 0 aliphatic carbocycles. The van der Waals surface area contributed by atoms with E-state index in [-0.39, 0.29) is 12.1 Å². The summed E-state index contributed by atoms with van der Waals surface area (Å²) in [4.78, 5) is 31.9. The molecule has 2 heterocycles. The average molecular weight is 711 g/mol. The first-order valence-corrected chi connectivity index (χ1v) is 15.8. The molecule has 2 unspecified atom stereocenters. The van der Waals surface area contributed by atoms with Crippen molar-refractivity contribution in [2.24, 2.45) is 21.5 Å². The summed E-state index contributed by atoms with van der Waals surface area (Å²) in [6.07, 6.45) is 1.12. The van der Waals surface area contributed by atoms with Crippen LogP contribution in [-0.2, 0) is 9.59 Å². The lowest BCUT2D eigenvalue weighted by molar-refractivity contribution is -0.134. The molecule has 52 heavy (non-hydrogen) atoms. The van der Waals surface area contributed by atoms with E-state index in [0.29, 0.717) is 47.1 Å². The topological polar surface area (TPSA) is 195 Å². The molecule has 0 saturated carbocycles. The minimum absolute atomic E-state index is 0.00601. The number of rotatable bonds is 8. The predicted octanol–water partition coefficient (Wildman–Crippen LogP) is 5.08. The summed E-state index contributed by atoms with van der Waals surface area (Å²) in [6, 6.07) is 27.9.